The van der Waals surface area contributed by atoms with Gasteiger partial charge in [-0.25, -0.2) is 14.4 Å². The van der Waals surface area contributed by atoms with Crippen LogP contribution < -0.4 is 5.43 Å². The predicted molar refractivity (Wildman–Crippen MR) is 130 cm³/mol. The Bertz CT molecular complexity index is 1550. The van der Waals surface area contributed by atoms with Gasteiger partial charge >= 0.3 is 0 Å². The third kappa shape index (κ3) is 3.58. The molecule has 4 aromatic heterocycles. The van der Waals surface area contributed by atoms with E-state index in [2.05, 4.69) is 27.4 Å². The molecule has 5 aromatic rings. The zero-order valence-corrected chi connectivity index (χ0v) is 19.1. The van der Waals surface area contributed by atoms with Gasteiger partial charge in [-0.05, 0) is 68.3 Å². The lowest BCUT2D eigenvalue weighted by molar-refractivity contribution is 0.103. The number of pyridine rings is 1. The Morgan fingerprint density at radius 3 is 2.67 bits per heavy atom. The summed E-state index contributed by atoms with van der Waals surface area (Å²) in [4.78, 5) is 24.1. The Morgan fingerprint density at radius 1 is 1.09 bits per heavy atom. The Hall–Kier alpha value is -3.91. The molecule has 0 fully saturated rings. The molecule has 0 saturated carbocycles. The number of nitrogens with zero attached hydrogens (tertiary/aromatic N) is 4. The van der Waals surface area contributed by atoms with Crippen LogP contribution >= 0.6 is 11.3 Å². The molecule has 0 spiro atoms. The minimum Gasteiger partial charge on any atom is -0.313 e. The highest BCUT2D eigenvalue weighted by Gasteiger charge is 2.21. The first kappa shape index (κ1) is 21.0. The summed E-state index contributed by atoms with van der Waals surface area (Å²) in [5.74, 6) is 0.0853. The second kappa shape index (κ2) is 8.22. The standard InChI is InChI=1S/C25H20FN5OS/c1-14-16(3)33-25-21(14)24(27-13-28-25)30-29-12-19-15(2)22(31-11-5-4-6-20(19)31)23(32)17-7-9-18(26)10-8-17/h4-13H,1-3H3,(H,27,28,30)/b29-12+. The maximum absolute atomic E-state index is 13.3. The van der Waals surface area contributed by atoms with Gasteiger partial charge in [-0.15, -0.1) is 11.3 Å². The van der Waals surface area contributed by atoms with E-state index in [1.165, 1.54) is 35.5 Å². The summed E-state index contributed by atoms with van der Waals surface area (Å²) >= 11 is 1.63. The molecule has 0 aliphatic rings. The number of rotatable bonds is 5. The maximum atomic E-state index is 13.3. The van der Waals surface area contributed by atoms with Crippen LogP contribution in [0.1, 0.15) is 37.6 Å². The molecule has 1 aromatic carbocycles. The van der Waals surface area contributed by atoms with Gasteiger partial charge in [0.05, 0.1) is 22.8 Å². The molecule has 0 unspecified atom stereocenters. The van der Waals surface area contributed by atoms with Crippen LogP contribution in [0.2, 0.25) is 0 Å². The Morgan fingerprint density at radius 2 is 1.88 bits per heavy atom. The first-order valence-corrected chi connectivity index (χ1v) is 11.2. The number of carbonyl (C=O) groups is 1. The lowest BCUT2D eigenvalue weighted by Gasteiger charge is -2.04. The third-order valence-electron chi connectivity index (χ3n) is 5.79. The van der Waals surface area contributed by atoms with Crippen molar-refractivity contribution < 1.29 is 9.18 Å². The van der Waals surface area contributed by atoms with Crippen LogP contribution in [0.4, 0.5) is 10.2 Å². The van der Waals surface area contributed by atoms with Crippen LogP contribution in [0.25, 0.3) is 15.7 Å². The van der Waals surface area contributed by atoms with E-state index < -0.39 is 0 Å². The molecule has 8 heteroatoms. The number of carbonyl (C=O) groups excluding carboxylic acids is 1. The van der Waals surface area contributed by atoms with Crippen molar-refractivity contribution >= 4 is 44.9 Å². The fraction of sp³-hybridized carbons (Fsp3) is 0.120. The average molecular weight is 458 g/mol. The minimum absolute atomic E-state index is 0.178. The number of hydrogen-bond donors (Lipinski definition) is 1. The first-order valence-electron chi connectivity index (χ1n) is 10.4. The number of hydrazone groups is 1. The van der Waals surface area contributed by atoms with Gasteiger partial charge in [0, 0.05) is 22.2 Å². The smallest absolute Gasteiger partial charge is 0.210 e. The molecule has 0 atom stereocenters. The molecule has 33 heavy (non-hydrogen) atoms. The number of halogens is 1. The second-order valence-electron chi connectivity index (χ2n) is 7.73. The summed E-state index contributed by atoms with van der Waals surface area (Å²) < 4.78 is 15.2. The molecule has 5 rings (SSSR count). The molecule has 164 valence electrons. The van der Waals surface area contributed by atoms with Crippen molar-refractivity contribution in [3.05, 3.63) is 93.6 Å². The SMILES string of the molecule is Cc1sc2ncnc(N/N=C/c3c(C)c(C(=O)c4ccc(F)cc4)n4ccccc34)c2c1C. The molecule has 0 aliphatic heterocycles. The highest BCUT2D eigenvalue weighted by Crippen LogP contribution is 2.32. The Balaban J connectivity index is 1.55. The monoisotopic (exact) mass is 457 g/mol. The summed E-state index contributed by atoms with van der Waals surface area (Å²) in [7, 11) is 0. The van der Waals surface area contributed by atoms with E-state index in [0.29, 0.717) is 17.1 Å². The molecule has 0 amide bonds. The fourth-order valence-corrected chi connectivity index (χ4v) is 4.96. The number of hydrogen-bond acceptors (Lipinski definition) is 6. The summed E-state index contributed by atoms with van der Waals surface area (Å²) in [6, 6.07) is 11.3. The predicted octanol–water partition coefficient (Wildman–Crippen LogP) is 5.69. The second-order valence-corrected chi connectivity index (χ2v) is 8.94. The lowest BCUT2D eigenvalue weighted by atomic mass is 10.0. The number of ketones is 1. The molecule has 0 aliphatic carbocycles. The molecule has 0 radical (unpaired) electrons. The fourth-order valence-electron chi connectivity index (χ4n) is 3.96. The van der Waals surface area contributed by atoms with Crippen LogP contribution in [-0.2, 0) is 0 Å². The van der Waals surface area contributed by atoms with Crippen molar-refractivity contribution in [2.24, 2.45) is 5.10 Å². The van der Waals surface area contributed by atoms with Gasteiger partial charge in [0.2, 0.25) is 5.78 Å². The number of aryl methyl sites for hydroxylation is 2. The van der Waals surface area contributed by atoms with Crippen molar-refractivity contribution in [1.82, 2.24) is 14.4 Å². The highest BCUT2D eigenvalue weighted by molar-refractivity contribution is 7.18. The molecule has 0 bridgehead atoms. The van der Waals surface area contributed by atoms with Gasteiger partial charge in [-0.2, -0.15) is 5.10 Å². The molecular formula is C25H20FN5OS. The van der Waals surface area contributed by atoms with Crippen molar-refractivity contribution in [1.29, 1.82) is 0 Å². The molecule has 6 nitrogen and oxygen atoms in total. The largest absolute Gasteiger partial charge is 0.313 e. The van der Waals surface area contributed by atoms with Gasteiger partial charge in [0.25, 0.3) is 0 Å². The van der Waals surface area contributed by atoms with Crippen molar-refractivity contribution in [2.45, 2.75) is 20.8 Å². The van der Waals surface area contributed by atoms with Crippen LogP contribution in [0.5, 0.6) is 0 Å². The molecule has 4 heterocycles. The van der Waals surface area contributed by atoms with Crippen LogP contribution in [0.15, 0.2) is 60.1 Å². The molecular weight excluding hydrogens is 437 g/mol. The zero-order chi connectivity index (χ0) is 23.1. The van der Waals surface area contributed by atoms with Gasteiger partial charge in [0.1, 0.15) is 17.0 Å². The van der Waals surface area contributed by atoms with Crippen LogP contribution in [-0.4, -0.2) is 26.4 Å². The number of aromatic nitrogens is 3. The van der Waals surface area contributed by atoms with Crippen molar-refractivity contribution in [2.75, 3.05) is 5.43 Å². The van der Waals surface area contributed by atoms with E-state index >= 15 is 0 Å². The van der Waals surface area contributed by atoms with Gasteiger partial charge in [0.15, 0.2) is 5.82 Å². The minimum atomic E-state index is -0.378. The Labute approximate surface area is 193 Å². The maximum Gasteiger partial charge on any atom is 0.210 e. The van der Waals surface area contributed by atoms with Crippen LogP contribution in [0.3, 0.4) is 0 Å². The third-order valence-corrected chi connectivity index (χ3v) is 6.90. The van der Waals surface area contributed by atoms with Crippen molar-refractivity contribution in [3.8, 4) is 0 Å². The van der Waals surface area contributed by atoms with E-state index in [9.17, 15) is 9.18 Å². The normalized spacial score (nSPS) is 11.6. The summed E-state index contributed by atoms with van der Waals surface area (Å²) in [5, 5.41) is 5.41. The molecule has 1 N–H and O–H groups in total. The average Bonchev–Trinajstić information content (AvgIpc) is 3.27. The van der Waals surface area contributed by atoms with Gasteiger partial charge in [-0.3, -0.25) is 10.2 Å². The lowest BCUT2D eigenvalue weighted by Crippen LogP contribution is -2.07. The van der Waals surface area contributed by atoms with E-state index in [1.807, 2.05) is 42.6 Å². The zero-order valence-electron chi connectivity index (χ0n) is 18.3. The Kier molecular flexibility index (Phi) is 5.22. The van der Waals surface area contributed by atoms with Crippen molar-refractivity contribution in [3.63, 3.8) is 0 Å². The van der Waals surface area contributed by atoms with Crippen LogP contribution in [0, 0.1) is 26.6 Å². The first-order chi connectivity index (χ1) is 16.0. The quantitative estimate of drug-likeness (QED) is 0.209. The van der Waals surface area contributed by atoms with E-state index in [1.54, 1.807) is 17.6 Å². The van der Waals surface area contributed by atoms with Gasteiger partial charge in [-0.1, -0.05) is 6.07 Å². The van der Waals surface area contributed by atoms with E-state index in [0.717, 1.165) is 32.4 Å². The summed E-state index contributed by atoms with van der Waals surface area (Å²) in [5.41, 5.74) is 7.58. The van der Waals surface area contributed by atoms with E-state index in [4.69, 9.17) is 0 Å². The summed E-state index contributed by atoms with van der Waals surface area (Å²) in [6.45, 7) is 6.00. The highest BCUT2D eigenvalue weighted by atomic mass is 32.1. The number of benzene rings is 1. The topological polar surface area (TPSA) is 71.7 Å². The number of nitrogens with one attached hydrogen (secondary N) is 1. The van der Waals surface area contributed by atoms with E-state index in [-0.39, 0.29) is 11.6 Å². The summed E-state index contributed by atoms with van der Waals surface area (Å²) in [6.07, 6.45) is 5.07. The number of anilines is 1. The number of thiophene rings is 1. The molecule has 0 saturated heterocycles. The number of fused-ring (bicyclic) bond motifs is 2. The van der Waals surface area contributed by atoms with Gasteiger partial charge < -0.3 is 4.40 Å².